The number of H-pyrrole nitrogens is 1. The lowest BCUT2D eigenvalue weighted by Gasteiger charge is -2.44. The van der Waals surface area contributed by atoms with E-state index in [1.807, 2.05) is 25.3 Å². The van der Waals surface area contributed by atoms with E-state index in [1.165, 1.54) is 0 Å². The first-order valence-electron chi connectivity index (χ1n) is 14.7. The van der Waals surface area contributed by atoms with Crippen LogP contribution in [0.3, 0.4) is 0 Å². The largest absolute Gasteiger partial charge is 0.448 e. The second-order valence-electron chi connectivity index (χ2n) is 12.4. The first-order valence-corrected chi connectivity index (χ1v) is 16.3. The number of aromatic amines is 1. The average Bonchev–Trinajstić information content (AvgIpc) is 3.28. The van der Waals surface area contributed by atoms with Gasteiger partial charge in [-0.25, -0.2) is 0 Å². The summed E-state index contributed by atoms with van der Waals surface area (Å²) in [6.07, 6.45) is 8.91. The van der Waals surface area contributed by atoms with Crippen LogP contribution in [0.25, 0.3) is 0 Å². The number of halogens is 1. The number of benzene rings is 1. The molecule has 0 bridgehead atoms. The minimum atomic E-state index is -0.753. The lowest BCUT2D eigenvalue weighted by atomic mass is 9.80. The van der Waals surface area contributed by atoms with Crippen LogP contribution in [0.5, 0.6) is 11.5 Å². The van der Waals surface area contributed by atoms with Gasteiger partial charge in [-0.15, -0.1) is 11.8 Å². The van der Waals surface area contributed by atoms with Gasteiger partial charge in [-0.1, -0.05) is 11.6 Å². The van der Waals surface area contributed by atoms with Gasteiger partial charge in [-0.05, 0) is 76.3 Å². The normalized spacial score (nSPS) is 30.1. The van der Waals surface area contributed by atoms with Gasteiger partial charge in [0.1, 0.15) is 0 Å². The lowest BCUT2D eigenvalue weighted by molar-refractivity contribution is -0.122. The molecule has 2 aliphatic heterocycles. The Morgan fingerprint density at radius 1 is 1.10 bits per heavy atom. The molecule has 6 rings (SSSR count). The highest BCUT2D eigenvalue weighted by molar-refractivity contribution is 7.98. The van der Waals surface area contributed by atoms with Gasteiger partial charge >= 0.3 is 0 Å². The Morgan fingerprint density at radius 3 is 2.44 bits per heavy atom. The number of thioether (sulfide) groups is 1. The van der Waals surface area contributed by atoms with Crippen LogP contribution in [0.1, 0.15) is 67.8 Å². The molecule has 1 unspecified atom stereocenters. The second kappa shape index (κ2) is 11.4. The number of methoxy groups -OCH3 is 1. The van der Waals surface area contributed by atoms with Gasteiger partial charge in [0, 0.05) is 60.3 Å². The zero-order valence-electron chi connectivity index (χ0n) is 24.7. The fraction of sp³-hybridized carbons (Fsp3) is 0.645. The van der Waals surface area contributed by atoms with E-state index in [2.05, 4.69) is 29.5 Å². The summed E-state index contributed by atoms with van der Waals surface area (Å²) in [6.45, 7) is 7.43. The van der Waals surface area contributed by atoms with Crippen molar-refractivity contribution in [2.45, 2.75) is 100 Å². The highest BCUT2D eigenvalue weighted by Crippen LogP contribution is 2.53. The van der Waals surface area contributed by atoms with Crippen LogP contribution >= 0.6 is 23.4 Å². The molecule has 41 heavy (non-hydrogen) atoms. The van der Waals surface area contributed by atoms with Crippen LogP contribution in [0.2, 0.25) is 5.02 Å². The number of rotatable bonds is 9. The van der Waals surface area contributed by atoms with Crippen LogP contribution in [0.15, 0.2) is 21.8 Å². The van der Waals surface area contributed by atoms with Crippen molar-refractivity contribution in [1.29, 1.82) is 0 Å². The van der Waals surface area contributed by atoms with Crippen molar-refractivity contribution >= 4 is 23.4 Å². The number of nitrogens with one attached hydrogen (secondary N) is 3. The molecule has 1 aromatic heterocycles. The Bertz CT molecular complexity index is 1350. The summed E-state index contributed by atoms with van der Waals surface area (Å²) in [5.74, 6) is 0.876. The van der Waals surface area contributed by atoms with Crippen molar-refractivity contribution in [1.82, 2.24) is 15.6 Å². The number of hydrogen-bond donors (Lipinski definition) is 3. The zero-order valence-corrected chi connectivity index (χ0v) is 26.2. The first-order chi connectivity index (χ1) is 19.6. The Balaban J connectivity index is 1.16. The molecule has 1 atom stereocenters. The SMILES string of the molecule is COC1CC(NC2CCC(C3(C)Oc4c(Cl)cc(C5(NCc6c(SC)cc(C)[nH]c6=O)COC5)c(C)c4O3)CC2)C1. The van der Waals surface area contributed by atoms with Gasteiger partial charge < -0.3 is 29.2 Å². The Morgan fingerprint density at radius 2 is 1.80 bits per heavy atom. The summed E-state index contributed by atoms with van der Waals surface area (Å²) in [5.41, 5.74) is 3.08. The van der Waals surface area contributed by atoms with Gasteiger partial charge in [0.15, 0.2) is 11.5 Å². The number of hydrogen-bond acceptors (Lipinski definition) is 8. The van der Waals surface area contributed by atoms with Crippen molar-refractivity contribution in [2.24, 2.45) is 5.92 Å². The Hall–Kier alpha value is -1.75. The molecule has 2 aromatic rings. The molecule has 2 saturated carbocycles. The molecular weight excluding hydrogens is 562 g/mol. The monoisotopic (exact) mass is 603 g/mol. The van der Waals surface area contributed by atoms with Crippen molar-refractivity contribution in [3.05, 3.63) is 49.9 Å². The smallest absolute Gasteiger partial charge is 0.253 e. The summed E-state index contributed by atoms with van der Waals surface area (Å²) < 4.78 is 24.4. The molecule has 1 saturated heterocycles. The van der Waals surface area contributed by atoms with Gasteiger partial charge in [0.05, 0.1) is 29.9 Å². The molecule has 10 heteroatoms. The molecule has 3 heterocycles. The molecule has 4 aliphatic rings. The number of aromatic nitrogens is 1. The van der Waals surface area contributed by atoms with E-state index in [9.17, 15) is 4.79 Å². The summed E-state index contributed by atoms with van der Waals surface area (Å²) >= 11 is 8.46. The third kappa shape index (κ3) is 5.43. The van der Waals surface area contributed by atoms with Gasteiger partial charge in [0.2, 0.25) is 0 Å². The minimum absolute atomic E-state index is 0.0646. The average molecular weight is 604 g/mol. The van der Waals surface area contributed by atoms with Crippen molar-refractivity contribution < 1.29 is 18.9 Å². The molecule has 1 aromatic carbocycles. The van der Waals surface area contributed by atoms with Crippen LogP contribution in [-0.4, -0.2) is 55.5 Å². The van der Waals surface area contributed by atoms with E-state index in [-0.39, 0.29) is 11.5 Å². The molecular formula is C31H42ClN3O5S. The van der Waals surface area contributed by atoms with E-state index in [0.29, 0.717) is 48.7 Å². The number of fused-ring (bicyclic) bond motifs is 1. The summed E-state index contributed by atoms with van der Waals surface area (Å²) in [4.78, 5) is 16.7. The van der Waals surface area contributed by atoms with Gasteiger partial charge in [-0.2, -0.15) is 0 Å². The summed E-state index contributed by atoms with van der Waals surface area (Å²) in [7, 11) is 1.80. The summed E-state index contributed by atoms with van der Waals surface area (Å²) in [5, 5.41) is 8.02. The van der Waals surface area contributed by atoms with Gasteiger partial charge in [-0.3, -0.25) is 10.1 Å². The maximum atomic E-state index is 12.8. The van der Waals surface area contributed by atoms with E-state index < -0.39 is 11.3 Å². The zero-order chi connectivity index (χ0) is 28.9. The molecule has 0 radical (unpaired) electrons. The molecule has 0 spiro atoms. The third-order valence-electron chi connectivity index (χ3n) is 9.68. The van der Waals surface area contributed by atoms with Crippen molar-refractivity contribution in [3.8, 4) is 11.5 Å². The van der Waals surface area contributed by atoms with Gasteiger partial charge in [0.25, 0.3) is 11.3 Å². The predicted molar refractivity (Wildman–Crippen MR) is 161 cm³/mol. The van der Waals surface area contributed by atoms with Crippen LogP contribution in [0, 0.1) is 19.8 Å². The first kappa shape index (κ1) is 29.3. The highest BCUT2D eigenvalue weighted by atomic mass is 35.5. The minimum Gasteiger partial charge on any atom is -0.448 e. The predicted octanol–water partition coefficient (Wildman–Crippen LogP) is 5.20. The third-order valence-corrected chi connectivity index (χ3v) is 10.8. The van der Waals surface area contributed by atoms with Crippen molar-refractivity contribution in [2.75, 3.05) is 26.6 Å². The van der Waals surface area contributed by atoms with Crippen LogP contribution in [-0.2, 0) is 21.6 Å². The second-order valence-corrected chi connectivity index (χ2v) is 13.7. The number of pyridine rings is 1. The highest BCUT2D eigenvalue weighted by Gasteiger charge is 2.49. The van der Waals surface area contributed by atoms with E-state index in [1.54, 1.807) is 18.9 Å². The van der Waals surface area contributed by atoms with E-state index >= 15 is 0 Å². The number of ether oxygens (including phenoxy) is 4. The maximum Gasteiger partial charge on any atom is 0.253 e. The van der Waals surface area contributed by atoms with E-state index in [0.717, 1.165) is 71.6 Å². The standard InChI is InChI=1S/C31H42ClN3O5S/c1-17-10-26(41-5)23(29(36)34-17)14-33-31(15-38-16-31)24-13-25(32)28-27(18(24)2)39-30(3,40-28)19-6-8-20(9-7-19)35-21-11-22(12-21)37-4/h10,13,19-22,33,35H,6-9,11-12,14-16H2,1-5H3,(H,34,36). The molecule has 8 nitrogen and oxygen atoms in total. The Labute approximate surface area is 251 Å². The molecule has 2 aliphatic carbocycles. The fourth-order valence-electron chi connectivity index (χ4n) is 6.97. The van der Waals surface area contributed by atoms with E-state index in [4.69, 9.17) is 30.5 Å². The Kier molecular flexibility index (Phi) is 8.15. The summed E-state index contributed by atoms with van der Waals surface area (Å²) in [6, 6.07) is 5.12. The fourth-order valence-corrected chi connectivity index (χ4v) is 7.91. The van der Waals surface area contributed by atoms with Crippen molar-refractivity contribution in [3.63, 3.8) is 0 Å². The molecule has 0 amide bonds. The lowest BCUT2D eigenvalue weighted by Crippen LogP contribution is -2.57. The molecule has 3 N–H and O–H groups in total. The maximum absolute atomic E-state index is 12.8. The molecule has 3 fully saturated rings. The quantitative estimate of drug-likeness (QED) is 0.337. The van der Waals surface area contributed by atoms with Crippen LogP contribution < -0.4 is 25.7 Å². The van der Waals surface area contributed by atoms with Crippen LogP contribution in [0.4, 0.5) is 0 Å². The molecule has 224 valence electrons. The topological polar surface area (TPSA) is 93.8 Å². The number of aryl methyl sites for hydroxylation is 1.